The highest BCUT2D eigenvalue weighted by molar-refractivity contribution is 7.19. The number of aryl methyl sites for hydroxylation is 1. The van der Waals surface area contributed by atoms with Gasteiger partial charge < -0.3 is 9.47 Å². The lowest BCUT2D eigenvalue weighted by molar-refractivity contribution is 0.304. The molecule has 5 rings (SSSR count). The highest BCUT2D eigenvalue weighted by Gasteiger charge is 2.14. The van der Waals surface area contributed by atoms with Gasteiger partial charge in [-0.1, -0.05) is 203 Å². The molecule has 0 saturated carbocycles. The lowest BCUT2D eigenvalue weighted by atomic mass is 9.99. The van der Waals surface area contributed by atoms with E-state index in [0.717, 1.165) is 44.0 Å². The van der Waals surface area contributed by atoms with Crippen molar-refractivity contribution in [3.63, 3.8) is 0 Å². The van der Waals surface area contributed by atoms with Gasteiger partial charge in [0, 0.05) is 9.75 Å². The van der Waals surface area contributed by atoms with Crippen molar-refractivity contribution in [1.29, 1.82) is 0 Å². The van der Waals surface area contributed by atoms with Crippen molar-refractivity contribution in [2.75, 3.05) is 13.2 Å². The third-order valence-electron chi connectivity index (χ3n) is 11.3. The molecule has 0 saturated heterocycles. The van der Waals surface area contributed by atoms with Gasteiger partial charge in [0.2, 0.25) is 0 Å². The number of hydrogen-bond donors (Lipinski definition) is 0. The number of rotatable bonds is 29. The van der Waals surface area contributed by atoms with Crippen molar-refractivity contribution in [3.8, 4) is 54.6 Å². The van der Waals surface area contributed by atoms with Gasteiger partial charge in [-0.3, -0.25) is 0 Å². The molecule has 0 atom stereocenters. The summed E-state index contributed by atoms with van der Waals surface area (Å²) in [5.74, 6) is 1.94. The third kappa shape index (κ3) is 15.5. The van der Waals surface area contributed by atoms with Crippen LogP contribution in [0.1, 0.15) is 155 Å². The largest absolute Gasteiger partial charge is 0.494 e. The average molecular weight is 785 g/mol. The van der Waals surface area contributed by atoms with E-state index in [1.807, 2.05) is 11.3 Å². The van der Waals surface area contributed by atoms with Crippen LogP contribution in [-0.4, -0.2) is 13.2 Å². The molecule has 2 nitrogen and oxygen atoms in total. The lowest BCUT2D eigenvalue weighted by Gasteiger charge is -2.09. The first-order valence-electron chi connectivity index (χ1n) is 23.0. The minimum absolute atomic E-state index is 0.805. The maximum atomic E-state index is 6.08. The van der Waals surface area contributed by atoms with E-state index in [4.69, 9.17) is 9.47 Å². The number of benzene rings is 4. The SMILES string of the molecule is CCCCCCCCCCOc1ccc(-c2ccc(-c3cc(CCCCCC)c(-c4ccc(-c5ccc(OCCCCCCCCCC)cc5)cc4)s3)cc2)cc1. The Morgan fingerprint density at radius 2 is 0.684 bits per heavy atom. The molecule has 3 heteroatoms. The van der Waals surface area contributed by atoms with E-state index in [1.54, 1.807) is 0 Å². The summed E-state index contributed by atoms with van der Waals surface area (Å²) < 4.78 is 12.1. The van der Waals surface area contributed by atoms with E-state index in [-0.39, 0.29) is 0 Å². The van der Waals surface area contributed by atoms with Gasteiger partial charge in [-0.05, 0) is 95.0 Å². The molecule has 57 heavy (non-hydrogen) atoms. The van der Waals surface area contributed by atoms with Crippen molar-refractivity contribution >= 4 is 11.3 Å². The van der Waals surface area contributed by atoms with Crippen molar-refractivity contribution in [2.24, 2.45) is 0 Å². The molecule has 0 radical (unpaired) electrons. The molecule has 0 aliphatic carbocycles. The van der Waals surface area contributed by atoms with E-state index in [0.29, 0.717) is 0 Å². The maximum Gasteiger partial charge on any atom is 0.119 e. The Kier molecular flexibility index (Phi) is 20.4. The van der Waals surface area contributed by atoms with Gasteiger partial charge >= 0.3 is 0 Å². The molecule has 5 aromatic rings. The van der Waals surface area contributed by atoms with Crippen LogP contribution in [0, 0.1) is 0 Å². The van der Waals surface area contributed by atoms with Gasteiger partial charge in [0.1, 0.15) is 11.5 Å². The molecule has 0 N–H and O–H groups in total. The van der Waals surface area contributed by atoms with E-state index in [9.17, 15) is 0 Å². The second-order valence-corrected chi connectivity index (χ2v) is 17.2. The number of unbranched alkanes of at least 4 members (excludes halogenated alkanes) is 17. The summed E-state index contributed by atoms with van der Waals surface area (Å²) in [5.41, 5.74) is 9.02. The summed E-state index contributed by atoms with van der Waals surface area (Å²) in [5, 5.41) is 0. The normalized spacial score (nSPS) is 11.3. The van der Waals surface area contributed by atoms with Crippen molar-refractivity contribution in [2.45, 2.75) is 156 Å². The summed E-state index contributed by atoms with van der Waals surface area (Å²) in [6.07, 6.45) is 27.3. The van der Waals surface area contributed by atoms with Crippen LogP contribution in [0.2, 0.25) is 0 Å². The van der Waals surface area contributed by atoms with Crippen molar-refractivity contribution < 1.29 is 9.47 Å². The Balaban J connectivity index is 1.15. The maximum absolute atomic E-state index is 6.08. The van der Waals surface area contributed by atoms with Gasteiger partial charge in [-0.15, -0.1) is 11.3 Å². The smallest absolute Gasteiger partial charge is 0.119 e. The zero-order valence-electron chi connectivity index (χ0n) is 35.8. The topological polar surface area (TPSA) is 18.5 Å². The Bertz CT molecular complexity index is 1770. The first kappa shape index (κ1) is 44.3. The Labute approximate surface area is 351 Å². The fourth-order valence-corrected chi connectivity index (χ4v) is 8.94. The molecule has 0 spiro atoms. The second-order valence-electron chi connectivity index (χ2n) is 16.1. The minimum Gasteiger partial charge on any atom is -0.494 e. The van der Waals surface area contributed by atoms with Crippen LogP contribution in [0.25, 0.3) is 43.1 Å². The first-order chi connectivity index (χ1) is 28.2. The van der Waals surface area contributed by atoms with E-state index >= 15 is 0 Å². The zero-order valence-corrected chi connectivity index (χ0v) is 36.6. The second kappa shape index (κ2) is 26.2. The summed E-state index contributed by atoms with van der Waals surface area (Å²) in [7, 11) is 0. The predicted molar refractivity (Wildman–Crippen MR) is 250 cm³/mol. The zero-order chi connectivity index (χ0) is 39.8. The van der Waals surface area contributed by atoms with E-state index in [1.165, 1.54) is 164 Å². The molecule has 1 heterocycles. The molecule has 0 unspecified atom stereocenters. The van der Waals surface area contributed by atoms with Crippen molar-refractivity contribution in [1.82, 2.24) is 0 Å². The first-order valence-corrected chi connectivity index (χ1v) is 23.8. The molecule has 0 bridgehead atoms. The summed E-state index contributed by atoms with van der Waals surface area (Å²) in [4.78, 5) is 2.75. The summed E-state index contributed by atoms with van der Waals surface area (Å²) in [6.45, 7) is 8.46. The quantitative estimate of drug-likeness (QED) is 0.0450. The van der Waals surface area contributed by atoms with Gasteiger partial charge in [0.05, 0.1) is 13.2 Å². The molecular weight excluding hydrogens is 713 g/mol. The standard InChI is InChI=1S/C54H72O2S/c1-4-7-10-13-15-17-19-22-41-55-51-37-33-46(34-38-51)44-25-29-48(30-26-44)53-43-50(24-21-12-9-6-3)54(57-53)49-31-27-45(28-32-49)47-35-39-52(40-36-47)56-42-23-20-18-16-14-11-8-5-2/h25-40,43H,4-24,41-42H2,1-3H3. The van der Waals surface area contributed by atoms with Gasteiger partial charge in [0.15, 0.2) is 0 Å². The van der Waals surface area contributed by atoms with E-state index in [2.05, 4.69) is 124 Å². The predicted octanol–water partition coefficient (Wildman–Crippen LogP) is 17.6. The molecule has 0 amide bonds. The summed E-state index contributed by atoms with van der Waals surface area (Å²) >= 11 is 1.94. The average Bonchev–Trinajstić information content (AvgIpc) is 3.69. The molecule has 1 aromatic heterocycles. The number of hydrogen-bond acceptors (Lipinski definition) is 3. The molecular formula is C54H72O2S. The minimum atomic E-state index is 0.805. The van der Waals surface area contributed by atoms with Crippen LogP contribution in [0.15, 0.2) is 103 Å². The Hall–Kier alpha value is -3.82. The summed E-state index contributed by atoms with van der Waals surface area (Å²) in [6, 6.07) is 38.1. The molecule has 0 fully saturated rings. The van der Waals surface area contributed by atoms with Gasteiger partial charge in [0.25, 0.3) is 0 Å². The molecule has 0 aliphatic rings. The van der Waals surface area contributed by atoms with Crippen LogP contribution in [0.3, 0.4) is 0 Å². The Morgan fingerprint density at radius 1 is 0.351 bits per heavy atom. The number of ether oxygens (including phenoxy) is 2. The van der Waals surface area contributed by atoms with Crippen LogP contribution in [-0.2, 0) is 6.42 Å². The highest BCUT2D eigenvalue weighted by Crippen LogP contribution is 2.40. The molecule has 0 aliphatic heterocycles. The Morgan fingerprint density at radius 3 is 1.11 bits per heavy atom. The monoisotopic (exact) mass is 785 g/mol. The van der Waals surface area contributed by atoms with E-state index < -0.39 is 0 Å². The van der Waals surface area contributed by atoms with Crippen LogP contribution >= 0.6 is 11.3 Å². The molecule has 4 aromatic carbocycles. The van der Waals surface area contributed by atoms with Crippen LogP contribution in [0.4, 0.5) is 0 Å². The third-order valence-corrected chi connectivity index (χ3v) is 12.6. The lowest BCUT2D eigenvalue weighted by Crippen LogP contribution is -1.97. The number of thiophene rings is 1. The van der Waals surface area contributed by atoms with Crippen molar-refractivity contribution in [3.05, 3.63) is 109 Å². The van der Waals surface area contributed by atoms with Crippen LogP contribution in [0.5, 0.6) is 11.5 Å². The fraction of sp³-hybridized carbons (Fsp3) is 0.481. The highest BCUT2D eigenvalue weighted by atomic mass is 32.1. The van der Waals surface area contributed by atoms with Gasteiger partial charge in [-0.25, -0.2) is 0 Å². The molecule has 306 valence electrons. The van der Waals surface area contributed by atoms with Crippen LogP contribution < -0.4 is 9.47 Å². The fourth-order valence-electron chi connectivity index (χ4n) is 7.72. The van der Waals surface area contributed by atoms with Gasteiger partial charge in [-0.2, -0.15) is 0 Å².